The van der Waals surface area contributed by atoms with E-state index in [4.69, 9.17) is 9.47 Å². The minimum atomic E-state index is -0.296. The summed E-state index contributed by atoms with van der Waals surface area (Å²) in [5, 5.41) is 1.53. The van der Waals surface area contributed by atoms with E-state index in [1.807, 2.05) is 39.0 Å². The average Bonchev–Trinajstić information content (AvgIpc) is 2.74. The number of nitrogens with one attached hydrogen (secondary N) is 1. The first-order valence-corrected chi connectivity index (χ1v) is 11.6. The monoisotopic (exact) mass is 452 g/mol. The lowest BCUT2D eigenvalue weighted by molar-refractivity contribution is 0.0270. The molecule has 0 spiro atoms. The van der Waals surface area contributed by atoms with Crippen LogP contribution in [0.5, 0.6) is 11.5 Å². The van der Waals surface area contributed by atoms with Gasteiger partial charge in [-0.2, -0.15) is 0 Å². The molecule has 1 aliphatic rings. The molecule has 3 rings (SSSR count). The van der Waals surface area contributed by atoms with Crippen molar-refractivity contribution in [3.8, 4) is 11.5 Å². The molecule has 6 heteroatoms. The van der Waals surface area contributed by atoms with Crippen LogP contribution in [-0.2, 0) is 0 Å². The van der Waals surface area contributed by atoms with E-state index in [1.165, 1.54) is 5.01 Å². The zero-order chi connectivity index (χ0) is 24.3. The summed E-state index contributed by atoms with van der Waals surface area (Å²) < 4.78 is 11.5. The second kappa shape index (κ2) is 9.86. The lowest BCUT2D eigenvalue weighted by Crippen LogP contribution is -2.56. The number of hydrogen-bond acceptors (Lipinski definition) is 4. The van der Waals surface area contributed by atoms with E-state index in [0.29, 0.717) is 41.4 Å². The Kier molecular flexibility index (Phi) is 7.35. The molecule has 178 valence electrons. The molecule has 0 aromatic heterocycles. The molecule has 6 nitrogen and oxygen atoms in total. The summed E-state index contributed by atoms with van der Waals surface area (Å²) in [6, 6.07) is 9.03. The zero-order valence-corrected chi connectivity index (χ0v) is 20.9. The second-order valence-corrected chi connectivity index (χ2v) is 9.93. The van der Waals surface area contributed by atoms with Gasteiger partial charge in [0.25, 0.3) is 11.8 Å². The van der Waals surface area contributed by atoms with E-state index in [9.17, 15) is 9.59 Å². The van der Waals surface area contributed by atoms with E-state index >= 15 is 0 Å². The first-order valence-electron chi connectivity index (χ1n) is 11.6. The predicted molar refractivity (Wildman–Crippen MR) is 130 cm³/mol. The molecule has 2 aromatic rings. The Morgan fingerprint density at radius 1 is 1.03 bits per heavy atom. The molecule has 1 unspecified atom stereocenters. The summed E-state index contributed by atoms with van der Waals surface area (Å²) in [5.74, 6) is 0.684. The standard InChI is InChI=1S/C27H36N2O4/c1-8-9-23(27(5,6)7)29(28-25(30)20-15-17(2)14-18(3)16-20)26(31)21-10-11-22-24(19(21)4)33-13-12-32-22/h10-11,14-16,23H,8-9,12-13H2,1-7H3,(H,28,30). The van der Waals surface area contributed by atoms with Crippen molar-refractivity contribution < 1.29 is 19.1 Å². The van der Waals surface area contributed by atoms with Gasteiger partial charge < -0.3 is 9.47 Å². The van der Waals surface area contributed by atoms with E-state index in [2.05, 4.69) is 33.1 Å². The molecule has 0 fully saturated rings. The summed E-state index contributed by atoms with van der Waals surface area (Å²) in [6.07, 6.45) is 1.64. The van der Waals surface area contributed by atoms with Crippen LogP contribution in [-0.4, -0.2) is 36.1 Å². The number of aryl methyl sites for hydroxylation is 2. The number of carbonyl (C=O) groups is 2. The van der Waals surface area contributed by atoms with Crippen molar-refractivity contribution in [3.05, 3.63) is 58.1 Å². The number of amides is 2. The number of fused-ring (bicyclic) bond motifs is 1. The van der Waals surface area contributed by atoms with Crippen molar-refractivity contribution >= 4 is 11.8 Å². The molecule has 0 aliphatic carbocycles. The van der Waals surface area contributed by atoms with Crippen molar-refractivity contribution in [3.63, 3.8) is 0 Å². The minimum Gasteiger partial charge on any atom is -0.486 e. The van der Waals surface area contributed by atoms with Crippen molar-refractivity contribution in [1.29, 1.82) is 0 Å². The molecular weight excluding hydrogens is 416 g/mol. The van der Waals surface area contributed by atoms with Gasteiger partial charge in [0.05, 0.1) is 6.04 Å². The lowest BCUT2D eigenvalue weighted by Gasteiger charge is -2.40. The quantitative estimate of drug-likeness (QED) is 0.618. The molecule has 0 radical (unpaired) electrons. The number of hydrogen-bond donors (Lipinski definition) is 1. The number of ether oxygens (including phenoxy) is 2. The van der Waals surface area contributed by atoms with E-state index in [-0.39, 0.29) is 23.3 Å². The first kappa shape index (κ1) is 24.6. The fraction of sp³-hybridized carbons (Fsp3) is 0.481. The van der Waals surface area contributed by atoms with E-state index in [0.717, 1.165) is 24.0 Å². The number of rotatable bonds is 5. The highest BCUT2D eigenvalue weighted by atomic mass is 16.6. The predicted octanol–water partition coefficient (Wildman–Crippen LogP) is 5.39. The smallest absolute Gasteiger partial charge is 0.272 e. The molecule has 33 heavy (non-hydrogen) atoms. The minimum absolute atomic E-state index is 0.197. The van der Waals surface area contributed by atoms with E-state index in [1.54, 1.807) is 12.1 Å². The fourth-order valence-electron chi connectivity index (χ4n) is 4.39. The van der Waals surface area contributed by atoms with Gasteiger partial charge in [0.1, 0.15) is 13.2 Å². The number of nitrogens with zero attached hydrogens (tertiary/aromatic N) is 1. The molecule has 1 atom stereocenters. The van der Waals surface area contributed by atoms with Gasteiger partial charge >= 0.3 is 0 Å². The molecule has 2 aromatic carbocycles. The van der Waals surface area contributed by atoms with Crippen LogP contribution in [0.2, 0.25) is 0 Å². The summed E-state index contributed by atoms with van der Waals surface area (Å²) in [6.45, 7) is 15.1. The summed E-state index contributed by atoms with van der Waals surface area (Å²) >= 11 is 0. The number of carbonyl (C=O) groups excluding carboxylic acids is 2. The van der Waals surface area contributed by atoms with Gasteiger partial charge in [-0.1, -0.05) is 51.3 Å². The van der Waals surface area contributed by atoms with Gasteiger partial charge in [-0.25, -0.2) is 5.01 Å². The molecule has 2 amide bonds. The molecule has 1 aliphatic heterocycles. The van der Waals surface area contributed by atoms with Gasteiger partial charge in [-0.15, -0.1) is 0 Å². The first-order chi connectivity index (χ1) is 15.5. The van der Waals surface area contributed by atoms with Gasteiger partial charge in [0.15, 0.2) is 11.5 Å². The average molecular weight is 453 g/mol. The third kappa shape index (κ3) is 5.49. The molecule has 0 saturated heterocycles. The highest BCUT2D eigenvalue weighted by Gasteiger charge is 2.36. The molecule has 1 N–H and O–H groups in total. The molecule has 0 bridgehead atoms. The maximum absolute atomic E-state index is 13.9. The number of hydrazine groups is 1. The van der Waals surface area contributed by atoms with Gasteiger partial charge in [0, 0.05) is 16.7 Å². The Morgan fingerprint density at radius 3 is 2.27 bits per heavy atom. The normalized spacial score (nSPS) is 13.9. The Bertz CT molecular complexity index is 1020. The Hall–Kier alpha value is -3.02. The van der Waals surface area contributed by atoms with Gasteiger partial charge in [-0.05, 0) is 56.9 Å². The van der Waals surface area contributed by atoms with Crippen LogP contribution in [0.3, 0.4) is 0 Å². The molecule has 0 saturated carbocycles. The van der Waals surface area contributed by atoms with Crippen LogP contribution in [0.4, 0.5) is 0 Å². The van der Waals surface area contributed by atoms with E-state index < -0.39 is 0 Å². The molecule has 1 heterocycles. The van der Waals surface area contributed by atoms with Crippen LogP contribution in [0.25, 0.3) is 0 Å². The van der Waals surface area contributed by atoms with Crippen molar-refractivity contribution in [1.82, 2.24) is 10.4 Å². The van der Waals surface area contributed by atoms with Crippen molar-refractivity contribution in [2.24, 2.45) is 5.41 Å². The lowest BCUT2D eigenvalue weighted by atomic mass is 9.83. The largest absolute Gasteiger partial charge is 0.486 e. The maximum Gasteiger partial charge on any atom is 0.272 e. The highest BCUT2D eigenvalue weighted by molar-refractivity contribution is 6.00. The summed E-state index contributed by atoms with van der Waals surface area (Å²) in [7, 11) is 0. The van der Waals surface area contributed by atoms with Crippen LogP contribution in [0, 0.1) is 26.2 Å². The summed E-state index contributed by atoms with van der Waals surface area (Å²) in [4.78, 5) is 27.2. The SMILES string of the molecule is CCCC(N(NC(=O)c1cc(C)cc(C)c1)C(=O)c1ccc2c(c1C)OCCO2)C(C)(C)C. The van der Waals surface area contributed by atoms with Crippen molar-refractivity contribution in [2.75, 3.05) is 13.2 Å². The Morgan fingerprint density at radius 2 is 1.67 bits per heavy atom. The second-order valence-electron chi connectivity index (χ2n) is 9.93. The van der Waals surface area contributed by atoms with Gasteiger partial charge in [-0.3, -0.25) is 15.0 Å². The molecular formula is C27H36N2O4. The maximum atomic E-state index is 13.9. The van der Waals surface area contributed by atoms with Crippen molar-refractivity contribution in [2.45, 2.75) is 67.3 Å². The summed E-state index contributed by atoms with van der Waals surface area (Å²) in [5.41, 5.74) is 6.46. The topological polar surface area (TPSA) is 67.9 Å². The van der Waals surface area contributed by atoms with Crippen LogP contribution in [0.1, 0.15) is 77.9 Å². The fourth-order valence-corrected chi connectivity index (χ4v) is 4.39. The van der Waals surface area contributed by atoms with Crippen LogP contribution < -0.4 is 14.9 Å². The highest BCUT2D eigenvalue weighted by Crippen LogP contribution is 2.37. The Labute approximate surface area is 197 Å². The Balaban J connectivity index is 2.03. The third-order valence-electron chi connectivity index (χ3n) is 5.99. The van der Waals surface area contributed by atoms with Crippen LogP contribution >= 0.6 is 0 Å². The van der Waals surface area contributed by atoms with Crippen LogP contribution in [0.15, 0.2) is 30.3 Å². The number of benzene rings is 2. The zero-order valence-electron chi connectivity index (χ0n) is 20.9. The van der Waals surface area contributed by atoms with Gasteiger partial charge in [0.2, 0.25) is 0 Å². The third-order valence-corrected chi connectivity index (χ3v) is 5.99.